The summed E-state index contributed by atoms with van der Waals surface area (Å²) in [5.41, 5.74) is 2.53. The van der Waals surface area contributed by atoms with Gasteiger partial charge in [0.1, 0.15) is 6.10 Å². The normalized spacial score (nSPS) is 16.5. The molecule has 1 fully saturated rings. The molecule has 0 N–H and O–H groups in total. The van der Waals surface area contributed by atoms with Gasteiger partial charge in [-0.1, -0.05) is 34.1 Å². The van der Waals surface area contributed by atoms with E-state index >= 15 is 0 Å². The summed E-state index contributed by atoms with van der Waals surface area (Å²) in [7, 11) is 1.75. The van der Waals surface area contributed by atoms with Crippen LogP contribution in [0.2, 0.25) is 0 Å². The monoisotopic (exact) mass is 462 g/mol. The third-order valence-electron chi connectivity index (χ3n) is 4.69. The van der Waals surface area contributed by atoms with Crippen molar-refractivity contribution < 1.29 is 4.74 Å². The maximum absolute atomic E-state index is 12.5. The van der Waals surface area contributed by atoms with E-state index in [4.69, 9.17) is 9.72 Å². The largest absolute Gasteiger partial charge is 0.370 e. The van der Waals surface area contributed by atoms with Crippen LogP contribution in [-0.2, 0) is 11.8 Å². The number of pyridine rings is 1. The molecule has 8 heteroatoms. The molecule has 0 spiro atoms. The molecule has 2 aromatic heterocycles. The summed E-state index contributed by atoms with van der Waals surface area (Å²) >= 11 is 3.60. The third-order valence-corrected chi connectivity index (χ3v) is 5.41. The van der Waals surface area contributed by atoms with Crippen molar-refractivity contribution in [3.05, 3.63) is 75.2 Å². The summed E-state index contributed by atoms with van der Waals surface area (Å²) < 4.78 is 8.59. The summed E-state index contributed by atoms with van der Waals surface area (Å²) in [6, 6.07) is 13.3. The van der Waals surface area contributed by atoms with Gasteiger partial charge in [0.05, 0.1) is 18.8 Å². The minimum absolute atomic E-state index is 0. The average molecular weight is 464 g/mol. The van der Waals surface area contributed by atoms with E-state index in [1.165, 1.54) is 0 Å². The standard InChI is InChI=1S/C20H19BrN4O2.ClH/c1-24-19(26)12-17(14-6-8-22-9-7-14)23-20(24)25-10-11-27-18(13-25)15-4-2-3-5-16(15)21;/h2-9,12,18H,10-11,13H2,1H3;1H/t18-;/m0./s1. The Kier molecular flexibility index (Phi) is 6.49. The fraction of sp³-hybridized carbons (Fsp3) is 0.250. The highest BCUT2D eigenvalue weighted by atomic mass is 79.9. The number of benzene rings is 1. The van der Waals surface area contributed by atoms with Crippen molar-refractivity contribution in [2.45, 2.75) is 6.10 Å². The van der Waals surface area contributed by atoms with Gasteiger partial charge < -0.3 is 9.64 Å². The molecule has 0 radical (unpaired) electrons. The zero-order valence-corrected chi connectivity index (χ0v) is 17.7. The summed E-state index contributed by atoms with van der Waals surface area (Å²) in [6.07, 6.45) is 3.31. The molecule has 0 unspecified atom stereocenters. The van der Waals surface area contributed by atoms with E-state index in [0.717, 1.165) is 15.6 Å². The van der Waals surface area contributed by atoms with E-state index < -0.39 is 0 Å². The van der Waals surface area contributed by atoms with Gasteiger partial charge in [-0.25, -0.2) is 4.98 Å². The first-order valence-electron chi connectivity index (χ1n) is 8.73. The summed E-state index contributed by atoms with van der Waals surface area (Å²) in [5, 5.41) is 0. The molecule has 1 saturated heterocycles. The highest BCUT2D eigenvalue weighted by Crippen LogP contribution is 2.30. The second-order valence-electron chi connectivity index (χ2n) is 6.40. The topological polar surface area (TPSA) is 60.2 Å². The first-order valence-corrected chi connectivity index (χ1v) is 9.52. The number of aromatic nitrogens is 3. The first-order chi connectivity index (χ1) is 13.1. The molecule has 1 aliphatic rings. The molecule has 146 valence electrons. The van der Waals surface area contributed by atoms with Crippen LogP contribution in [0.5, 0.6) is 0 Å². The number of nitrogens with zero attached hydrogens (tertiary/aromatic N) is 4. The van der Waals surface area contributed by atoms with Crippen molar-refractivity contribution in [3.63, 3.8) is 0 Å². The molecule has 3 heterocycles. The molecule has 0 amide bonds. The molecule has 3 aromatic rings. The number of anilines is 1. The van der Waals surface area contributed by atoms with Gasteiger partial charge in [-0.3, -0.25) is 14.3 Å². The average Bonchev–Trinajstić information content (AvgIpc) is 2.71. The van der Waals surface area contributed by atoms with E-state index in [-0.39, 0.29) is 24.1 Å². The molecule has 28 heavy (non-hydrogen) atoms. The van der Waals surface area contributed by atoms with Crippen LogP contribution in [0.25, 0.3) is 11.3 Å². The van der Waals surface area contributed by atoms with Crippen molar-refractivity contribution in [2.24, 2.45) is 7.05 Å². The van der Waals surface area contributed by atoms with Crippen LogP contribution in [0.1, 0.15) is 11.7 Å². The van der Waals surface area contributed by atoms with Gasteiger partial charge in [0.15, 0.2) is 0 Å². The van der Waals surface area contributed by atoms with Crippen LogP contribution < -0.4 is 10.5 Å². The first kappa shape index (κ1) is 20.5. The molecule has 6 nitrogen and oxygen atoms in total. The van der Waals surface area contributed by atoms with Crippen molar-refractivity contribution >= 4 is 34.3 Å². The van der Waals surface area contributed by atoms with Crippen LogP contribution in [0, 0.1) is 0 Å². The maximum Gasteiger partial charge on any atom is 0.255 e. The van der Waals surface area contributed by atoms with E-state index in [1.807, 2.05) is 30.3 Å². The predicted octanol–water partition coefficient (Wildman–Crippen LogP) is 3.60. The lowest BCUT2D eigenvalue weighted by atomic mass is 10.1. The number of halogens is 2. The van der Waals surface area contributed by atoms with Gasteiger partial charge in [0.2, 0.25) is 5.95 Å². The predicted molar refractivity (Wildman–Crippen MR) is 115 cm³/mol. The van der Waals surface area contributed by atoms with E-state index in [1.54, 1.807) is 30.1 Å². The minimum Gasteiger partial charge on any atom is -0.370 e. The second-order valence-corrected chi connectivity index (χ2v) is 7.26. The van der Waals surface area contributed by atoms with Gasteiger partial charge in [-0.2, -0.15) is 0 Å². The van der Waals surface area contributed by atoms with E-state index in [9.17, 15) is 4.79 Å². The molecule has 0 bridgehead atoms. The molecule has 1 aliphatic heterocycles. The molecular formula is C20H20BrClN4O2. The molecule has 1 aromatic carbocycles. The van der Waals surface area contributed by atoms with Crippen molar-refractivity contribution in [1.29, 1.82) is 0 Å². The fourth-order valence-corrected chi connectivity index (χ4v) is 3.78. The Labute approximate surface area is 177 Å². The number of morpholine rings is 1. The highest BCUT2D eigenvalue weighted by Gasteiger charge is 2.26. The summed E-state index contributed by atoms with van der Waals surface area (Å²) in [4.78, 5) is 23.4. The van der Waals surface area contributed by atoms with Gasteiger partial charge in [0, 0.05) is 42.1 Å². The van der Waals surface area contributed by atoms with Gasteiger partial charge in [-0.05, 0) is 23.8 Å². The third kappa shape index (κ3) is 4.11. The summed E-state index contributed by atoms with van der Waals surface area (Å²) in [6.45, 7) is 1.88. The zero-order chi connectivity index (χ0) is 18.8. The number of hydrogen-bond donors (Lipinski definition) is 0. The van der Waals surface area contributed by atoms with E-state index in [2.05, 4.69) is 31.9 Å². The minimum atomic E-state index is -0.0873. The number of hydrogen-bond acceptors (Lipinski definition) is 5. The van der Waals surface area contributed by atoms with Crippen LogP contribution in [0.4, 0.5) is 5.95 Å². The lowest BCUT2D eigenvalue weighted by molar-refractivity contribution is 0.0385. The fourth-order valence-electron chi connectivity index (χ4n) is 3.24. The number of rotatable bonds is 3. The molecule has 0 aliphatic carbocycles. The van der Waals surface area contributed by atoms with Crippen LogP contribution in [-0.4, -0.2) is 34.2 Å². The van der Waals surface area contributed by atoms with Gasteiger partial charge in [-0.15, -0.1) is 12.4 Å². The van der Waals surface area contributed by atoms with Crippen molar-refractivity contribution in [2.75, 3.05) is 24.6 Å². The number of ether oxygens (including phenoxy) is 1. The Morgan fingerprint density at radius 2 is 1.93 bits per heavy atom. The summed E-state index contributed by atoms with van der Waals surface area (Å²) in [5.74, 6) is 0.648. The van der Waals surface area contributed by atoms with E-state index in [0.29, 0.717) is 31.3 Å². The maximum atomic E-state index is 12.5. The Hall–Kier alpha value is -2.22. The van der Waals surface area contributed by atoms with Crippen molar-refractivity contribution in [3.8, 4) is 11.3 Å². The zero-order valence-electron chi connectivity index (χ0n) is 15.3. The molecule has 0 saturated carbocycles. The molecule has 1 atom stereocenters. The van der Waals surface area contributed by atoms with Crippen LogP contribution >= 0.6 is 28.3 Å². The highest BCUT2D eigenvalue weighted by molar-refractivity contribution is 9.10. The van der Waals surface area contributed by atoms with Gasteiger partial charge in [0.25, 0.3) is 5.56 Å². The molecule has 4 rings (SSSR count). The Morgan fingerprint density at radius 3 is 2.68 bits per heavy atom. The lowest BCUT2D eigenvalue weighted by Gasteiger charge is -2.35. The quantitative estimate of drug-likeness (QED) is 0.594. The Bertz CT molecular complexity index is 1010. The van der Waals surface area contributed by atoms with Crippen LogP contribution in [0.3, 0.4) is 0 Å². The smallest absolute Gasteiger partial charge is 0.255 e. The lowest BCUT2D eigenvalue weighted by Crippen LogP contribution is -2.41. The second kappa shape index (κ2) is 8.86. The van der Waals surface area contributed by atoms with Crippen LogP contribution in [0.15, 0.2) is 64.1 Å². The SMILES string of the molecule is Cl.Cn1c(N2CCO[C@H](c3ccccc3Br)C2)nc(-c2ccncc2)cc1=O. The van der Waals surface area contributed by atoms with Gasteiger partial charge >= 0.3 is 0 Å². The Morgan fingerprint density at radius 1 is 1.18 bits per heavy atom. The van der Waals surface area contributed by atoms with Crippen molar-refractivity contribution in [1.82, 2.24) is 14.5 Å². The molecular weight excluding hydrogens is 444 g/mol. The Balaban J connectivity index is 0.00000225.